The molecular formula is C20H22N4. The zero-order chi connectivity index (χ0) is 16.8. The largest absolute Gasteiger partial charge is 0.354 e. The normalized spacial score (nSPS) is 10.4. The molecule has 1 aromatic heterocycles. The summed E-state index contributed by atoms with van der Waals surface area (Å²) in [6.07, 6.45) is 1.03. The number of rotatable bonds is 6. The summed E-state index contributed by atoms with van der Waals surface area (Å²) in [6.45, 7) is 5.05. The maximum absolute atomic E-state index is 4.63. The van der Waals surface area contributed by atoms with Crippen LogP contribution in [0.15, 0.2) is 60.7 Å². The predicted octanol–water partition coefficient (Wildman–Crippen LogP) is 5.02. The van der Waals surface area contributed by atoms with Gasteiger partial charge in [-0.25, -0.2) is 4.98 Å². The van der Waals surface area contributed by atoms with Crippen LogP contribution in [0.2, 0.25) is 0 Å². The average molecular weight is 318 g/mol. The number of anilines is 3. The van der Waals surface area contributed by atoms with E-state index in [1.807, 2.05) is 24.3 Å². The molecule has 4 heteroatoms. The smallest absolute Gasteiger partial charge is 0.225 e. The maximum Gasteiger partial charge on any atom is 0.225 e. The Balaban J connectivity index is 1.93. The Bertz CT molecular complexity index is 782. The SMILES string of the molecule is CCCNc1nc(Nc2ccc(C)cc2)cc(-c2ccccc2)n1. The standard InChI is InChI=1S/C20H22N4/c1-3-13-21-20-23-18(16-7-5-4-6-8-16)14-19(24-20)22-17-11-9-15(2)10-12-17/h4-12,14H,3,13H2,1-2H3,(H2,21,22,23,24). The first-order valence-corrected chi connectivity index (χ1v) is 8.26. The van der Waals surface area contributed by atoms with Gasteiger partial charge < -0.3 is 10.6 Å². The van der Waals surface area contributed by atoms with E-state index in [-0.39, 0.29) is 0 Å². The van der Waals surface area contributed by atoms with Gasteiger partial charge in [-0.2, -0.15) is 4.98 Å². The highest BCUT2D eigenvalue weighted by molar-refractivity contribution is 5.67. The fourth-order valence-corrected chi connectivity index (χ4v) is 2.37. The summed E-state index contributed by atoms with van der Waals surface area (Å²) in [4.78, 5) is 9.22. The van der Waals surface area contributed by atoms with Crippen molar-refractivity contribution < 1.29 is 0 Å². The molecule has 0 aliphatic heterocycles. The van der Waals surface area contributed by atoms with E-state index in [9.17, 15) is 0 Å². The van der Waals surface area contributed by atoms with Crippen molar-refractivity contribution >= 4 is 17.5 Å². The number of nitrogens with one attached hydrogen (secondary N) is 2. The number of aryl methyl sites for hydroxylation is 1. The third-order valence-electron chi connectivity index (χ3n) is 3.65. The third-order valence-corrected chi connectivity index (χ3v) is 3.65. The van der Waals surface area contributed by atoms with Gasteiger partial charge >= 0.3 is 0 Å². The van der Waals surface area contributed by atoms with Crippen LogP contribution in [-0.4, -0.2) is 16.5 Å². The van der Waals surface area contributed by atoms with Gasteiger partial charge in [0.2, 0.25) is 5.95 Å². The van der Waals surface area contributed by atoms with Gasteiger partial charge in [0.25, 0.3) is 0 Å². The summed E-state index contributed by atoms with van der Waals surface area (Å²) < 4.78 is 0. The zero-order valence-electron chi connectivity index (χ0n) is 14.1. The van der Waals surface area contributed by atoms with Crippen LogP contribution in [0.3, 0.4) is 0 Å². The molecule has 1 heterocycles. The molecule has 0 spiro atoms. The average Bonchev–Trinajstić information content (AvgIpc) is 2.62. The number of hydrogen-bond acceptors (Lipinski definition) is 4. The van der Waals surface area contributed by atoms with E-state index in [0.29, 0.717) is 5.95 Å². The molecule has 2 N–H and O–H groups in total. The number of hydrogen-bond donors (Lipinski definition) is 2. The van der Waals surface area contributed by atoms with Crippen LogP contribution < -0.4 is 10.6 Å². The van der Waals surface area contributed by atoms with Crippen LogP contribution in [0, 0.1) is 6.92 Å². The van der Waals surface area contributed by atoms with Gasteiger partial charge in [-0.3, -0.25) is 0 Å². The molecule has 0 fully saturated rings. The number of nitrogens with zero attached hydrogens (tertiary/aromatic N) is 2. The monoisotopic (exact) mass is 318 g/mol. The van der Waals surface area contributed by atoms with Crippen molar-refractivity contribution in [2.45, 2.75) is 20.3 Å². The molecule has 0 saturated carbocycles. The lowest BCUT2D eigenvalue weighted by atomic mass is 10.1. The van der Waals surface area contributed by atoms with Gasteiger partial charge in [0.05, 0.1) is 5.69 Å². The lowest BCUT2D eigenvalue weighted by Crippen LogP contribution is -2.06. The Morgan fingerprint density at radius 3 is 2.38 bits per heavy atom. The van der Waals surface area contributed by atoms with E-state index >= 15 is 0 Å². The van der Waals surface area contributed by atoms with E-state index in [2.05, 4.69) is 70.8 Å². The van der Waals surface area contributed by atoms with Gasteiger partial charge in [-0.15, -0.1) is 0 Å². The molecule has 122 valence electrons. The van der Waals surface area contributed by atoms with Gasteiger partial charge in [-0.05, 0) is 25.5 Å². The van der Waals surface area contributed by atoms with E-state index in [0.717, 1.165) is 35.7 Å². The first-order valence-electron chi connectivity index (χ1n) is 8.26. The van der Waals surface area contributed by atoms with Crippen LogP contribution in [0.5, 0.6) is 0 Å². The molecule has 0 saturated heterocycles. The molecule has 4 nitrogen and oxygen atoms in total. The van der Waals surface area contributed by atoms with Crippen LogP contribution in [0.1, 0.15) is 18.9 Å². The molecule has 0 unspecified atom stereocenters. The van der Waals surface area contributed by atoms with E-state index in [4.69, 9.17) is 0 Å². The van der Waals surface area contributed by atoms with E-state index in [1.165, 1.54) is 5.56 Å². The van der Waals surface area contributed by atoms with Gasteiger partial charge in [-0.1, -0.05) is 55.0 Å². The lowest BCUT2D eigenvalue weighted by Gasteiger charge is -2.11. The highest BCUT2D eigenvalue weighted by Gasteiger charge is 2.07. The van der Waals surface area contributed by atoms with Gasteiger partial charge in [0.15, 0.2) is 0 Å². The first-order chi connectivity index (χ1) is 11.7. The Kier molecular flexibility index (Phi) is 5.06. The van der Waals surface area contributed by atoms with Crippen molar-refractivity contribution in [3.63, 3.8) is 0 Å². The minimum absolute atomic E-state index is 0.646. The first kappa shape index (κ1) is 16.0. The Hall–Kier alpha value is -2.88. The molecule has 24 heavy (non-hydrogen) atoms. The van der Waals surface area contributed by atoms with E-state index in [1.54, 1.807) is 0 Å². The maximum atomic E-state index is 4.63. The van der Waals surface area contributed by atoms with Crippen LogP contribution >= 0.6 is 0 Å². The molecule has 0 aliphatic carbocycles. The molecule has 0 aliphatic rings. The molecular weight excluding hydrogens is 296 g/mol. The molecule has 0 radical (unpaired) electrons. The summed E-state index contributed by atoms with van der Waals surface area (Å²) in [6, 6.07) is 20.4. The van der Waals surface area contributed by atoms with Gasteiger partial charge in [0.1, 0.15) is 5.82 Å². The summed E-state index contributed by atoms with van der Waals surface area (Å²) >= 11 is 0. The fraction of sp³-hybridized carbons (Fsp3) is 0.200. The summed E-state index contributed by atoms with van der Waals surface area (Å²) in [7, 11) is 0. The van der Waals surface area contributed by atoms with Crippen molar-refractivity contribution in [2.24, 2.45) is 0 Å². The molecule has 3 aromatic rings. The van der Waals surface area contributed by atoms with Crippen molar-refractivity contribution in [3.05, 3.63) is 66.2 Å². The highest BCUT2D eigenvalue weighted by atomic mass is 15.1. The second-order valence-electron chi connectivity index (χ2n) is 5.75. The Labute approximate surface area is 143 Å². The Morgan fingerprint density at radius 2 is 1.67 bits per heavy atom. The van der Waals surface area contributed by atoms with Crippen molar-refractivity contribution in [1.82, 2.24) is 9.97 Å². The molecule has 0 amide bonds. The quantitative estimate of drug-likeness (QED) is 0.670. The lowest BCUT2D eigenvalue weighted by molar-refractivity contribution is 0.954. The van der Waals surface area contributed by atoms with E-state index < -0.39 is 0 Å². The van der Waals surface area contributed by atoms with Crippen molar-refractivity contribution in [3.8, 4) is 11.3 Å². The van der Waals surface area contributed by atoms with Crippen molar-refractivity contribution in [1.29, 1.82) is 0 Å². The zero-order valence-corrected chi connectivity index (χ0v) is 14.1. The molecule has 0 bridgehead atoms. The number of aromatic nitrogens is 2. The highest BCUT2D eigenvalue weighted by Crippen LogP contribution is 2.23. The fourth-order valence-electron chi connectivity index (χ4n) is 2.37. The summed E-state index contributed by atoms with van der Waals surface area (Å²) in [5.41, 5.74) is 4.23. The third kappa shape index (κ3) is 4.10. The van der Waals surface area contributed by atoms with Crippen LogP contribution in [-0.2, 0) is 0 Å². The second kappa shape index (κ2) is 7.59. The van der Waals surface area contributed by atoms with Crippen LogP contribution in [0.25, 0.3) is 11.3 Å². The minimum Gasteiger partial charge on any atom is -0.354 e. The summed E-state index contributed by atoms with van der Waals surface area (Å²) in [5.74, 6) is 1.43. The minimum atomic E-state index is 0.646. The van der Waals surface area contributed by atoms with Crippen molar-refractivity contribution in [2.75, 3.05) is 17.2 Å². The Morgan fingerprint density at radius 1 is 0.917 bits per heavy atom. The summed E-state index contributed by atoms with van der Waals surface area (Å²) in [5, 5.41) is 6.64. The second-order valence-corrected chi connectivity index (χ2v) is 5.75. The predicted molar refractivity (Wildman–Crippen MR) is 101 cm³/mol. The van der Waals surface area contributed by atoms with Gasteiger partial charge in [0, 0.05) is 23.9 Å². The molecule has 3 rings (SSSR count). The molecule has 0 atom stereocenters. The topological polar surface area (TPSA) is 49.8 Å². The molecule has 2 aromatic carbocycles. The number of benzene rings is 2. The van der Waals surface area contributed by atoms with Crippen LogP contribution in [0.4, 0.5) is 17.5 Å².